The Morgan fingerprint density at radius 2 is 1.77 bits per heavy atom. The maximum Gasteiger partial charge on any atom is 0.433 e. The predicted molar refractivity (Wildman–Crippen MR) is 95.9 cm³/mol. The predicted octanol–water partition coefficient (Wildman–Crippen LogP) is 5.94. The van der Waals surface area contributed by atoms with Gasteiger partial charge in [0.15, 0.2) is 5.69 Å². The van der Waals surface area contributed by atoms with E-state index >= 15 is 0 Å². The minimum Gasteiger partial charge on any atom is -0.218 e. The number of hydrogen-bond acceptors (Lipinski definition) is 3. The van der Waals surface area contributed by atoms with Crippen LogP contribution in [0.1, 0.15) is 36.2 Å². The Morgan fingerprint density at radius 1 is 1.04 bits per heavy atom. The summed E-state index contributed by atoms with van der Waals surface area (Å²) in [7, 11) is 0. The van der Waals surface area contributed by atoms with Gasteiger partial charge in [-0.25, -0.2) is 9.67 Å². The van der Waals surface area contributed by atoms with E-state index in [1.54, 1.807) is 29.6 Å². The van der Waals surface area contributed by atoms with E-state index in [9.17, 15) is 13.2 Å². The van der Waals surface area contributed by atoms with Crippen LogP contribution in [0.4, 0.5) is 13.2 Å². The molecule has 0 saturated carbocycles. The minimum absolute atomic E-state index is 0.232. The Hall–Kier alpha value is -1.86. The molecule has 0 atom stereocenters. The maximum absolute atomic E-state index is 13.8. The second kappa shape index (κ2) is 6.70. The lowest BCUT2D eigenvalue weighted by Gasteiger charge is -2.10. The van der Waals surface area contributed by atoms with Crippen LogP contribution < -0.4 is 0 Å². The molecule has 8 heteroatoms. The molecular formula is C18H15ClF3N3S. The SMILES string of the molecule is FC(F)(F)c1c2c(nn1-c1nc(-c3ccc(Cl)cc3)cs1)CCCCC2. The quantitative estimate of drug-likeness (QED) is 0.501. The van der Waals surface area contributed by atoms with Gasteiger partial charge in [0.1, 0.15) is 0 Å². The van der Waals surface area contributed by atoms with E-state index < -0.39 is 11.9 Å². The third-order valence-corrected chi connectivity index (χ3v) is 5.56. The van der Waals surface area contributed by atoms with Gasteiger partial charge in [0.05, 0.1) is 11.4 Å². The molecule has 26 heavy (non-hydrogen) atoms. The number of alkyl halides is 3. The highest BCUT2D eigenvalue weighted by Gasteiger charge is 2.41. The van der Waals surface area contributed by atoms with Gasteiger partial charge in [-0.3, -0.25) is 0 Å². The number of aryl methyl sites for hydroxylation is 1. The fraction of sp³-hybridized carbons (Fsp3) is 0.333. The number of aromatic nitrogens is 3. The van der Waals surface area contributed by atoms with Crippen LogP contribution in [-0.4, -0.2) is 14.8 Å². The fourth-order valence-corrected chi connectivity index (χ4v) is 4.19. The number of thiazole rings is 1. The van der Waals surface area contributed by atoms with Crippen LogP contribution in [0.3, 0.4) is 0 Å². The van der Waals surface area contributed by atoms with Crippen molar-refractivity contribution in [1.29, 1.82) is 0 Å². The maximum atomic E-state index is 13.8. The van der Waals surface area contributed by atoms with E-state index in [0.29, 0.717) is 34.8 Å². The average molecular weight is 398 g/mol. The summed E-state index contributed by atoms with van der Waals surface area (Å²) in [6.45, 7) is 0. The molecule has 2 aromatic heterocycles. The summed E-state index contributed by atoms with van der Waals surface area (Å²) in [4.78, 5) is 4.40. The molecule has 136 valence electrons. The van der Waals surface area contributed by atoms with E-state index in [1.807, 2.05) is 0 Å². The summed E-state index contributed by atoms with van der Waals surface area (Å²) in [5.74, 6) is 0. The summed E-state index contributed by atoms with van der Waals surface area (Å²) in [5, 5.41) is 6.86. The van der Waals surface area contributed by atoms with E-state index in [-0.39, 0.29) is 5.13 Å². The fourth-order valence-electron chi connectivity index (χ4n) is 3.27. The van der Waals surface area contributed by atoms with Crippen LogP contribution in [0.15, 0.2) is 29.6 Å². The first kappa shape index (κ1) is 17.5. The third-order valence-electron chi connectivity index (χ3n) is 4.49. The Labute approximate surface area is 157 Å². The summed E-state index contributed by atoms with van der Waals surface area (Å²) in [6, 6.07) is 7.05. The molecule has 0 unspecified atom stereocenters. The lowest BCUT2D eigenvalue weighted by molar-refractivity contribution is -0.143. The van der Waals surface area contributed by atoms with Gasteiger partial charge >= 0.3 is 6.18 Å². The van der Waals surface area contributed by atoms with Crippen LogP contribution in [0.25, 0.3) is 16.4 Å². The van der Waals surface area contributed by atoms with Gasteiger partial charge < -0.3 is 0 Å². The summed E-state index contributed by atoms with van der Waals surface area (Å²) >= 11 is 7.04. The van der Waals surface area contributed by atoms with Crippen molar-refractivity contribution in [2.75, 3.05) is 0 Å². The molecule has 0 bridgehead atoms. The number of fused-ring (bicyclic) bond motifs is 1. The van der Waals surface area contributed by atoms with Gasteiger partial charge in [-0.1, -0.05) is 30.2 Å². The van der Waals surface area contributed by atoms with Crippen LogP contribution in [-0.2, 0) is 19.0 Å². The average Bonchev–Trinajstić information content (AvgIpc) is 3.15. The van der Waals surface area contributed by atoms with E-state index in [1.165, 1.54) is 0 Å². The van der Waals surface area contributed by atoms with Crippen molar-refractivity contribution in [3.05, 3.63) is 51.6 Å². The molecule has 1 aliphatic rings. The first-order chi connectivity index (χ1) is 12.4. The van der Waals surface area contributed by atoms with E-state index in [2.05, 4.69) is 10.1 Å². The van der Waals surface area contributed by atoms with Crippen molar-refractivity contribution >= 4 is 22.9 Å². The lowest BCUT2D eigenvalue weighted by atomic mass is 10.1. The Morgan fingerprint density at radius 3 is 2.50 bits per heavy atom. The van der Waals surface area contributed by atoms with Crippen molar-refractivity contribution in [1.82, 2.24) is 14.8 Å². The minimum atomic E-state index is -4.46. The largest absolute Gasteiger partial charge is 0.433 e. The first-order valence-electron chi connectivity index (χ1n) is 8.33. The van der Waals surface area contributed by atoms with Crippen molar-refractivity contribution in [3.8, 4) is 16.4 Å². The first-order valence-corrected chi connectivity index (χ1v) is 9.59. The molecule has 0 aliphatic heterocycles. The molecule has 1 aromatic carbocycles. The smallest absolute Gasteiger partial charge is 0.218 e. The third kappa shape index (κ3) is 3.25. The molecule has 0 amide bonds. The zero-order valence-electron chi connectivity index (χ0n) is 13.7. The van der Waals surface area contributed by atoms with E-state index in [4.69, 9.17) is 11.6 Å². The van der Waals surface area contributed by atoms with Crippen molar-refractivity contribution < 1.29 is 13.2 Å². The standard InChI is InChI=1S/C18H15ClF3N3S/c19-12-8-6-11(7-9-12)15-10-26-17(23-15)25-16(18(20,21)22)13-4-2-1-3-5-14(13)24-25/h6-10H,1-5H2. The van der Waals surface area contributed by atoms with Gasteiger partial charge in [0, 0.05) is 21.5 Å². The summed E-state index contributed by atoms with van der Waals surface area (Å²) in [6.07, 6.45) is -0.895. The molecule has 4 rings (SSSR count). The second-order valence-electron chi connectivity index (χ2n) is 6.27. The Kier molecular flexibility index (Phi) is 4.52. The normalized spacial score (nSPS) is 14.9. The Bertz CT molecular complexity index is 928. The molecule has 0 radical (unpaired) electrons. The van der Waals surface area contributed by atoms with E-state index in [0.717, 1.165) is 40.8 Å². The van der Waals surface area contributed by atoms with Gasteiger partial charge in [-0.15, -0.1) is 11.3 Å². The van der Waals surface area contributed by atoms with Gasteiger partial charge in [-0.2, -0.15) is 18.3 Å². The lowest BCUT2D eigenvalue weighted by Crippen LogP contribution is -2.15. The molecular weight excluding hydrogens is 383 g/mol. The summed E-state index contributed by atoms with van der Waals surface area (Å²) in [5.41, 5.74) is 1.63. The zero-order valence-corrected chi connectivity index (χ0v) is 15.3. The van der Waals surface area contributed by atoms with Gasteiger partial charge in [0.2, 0.25) is 5.13 Å². The number of benzene rings is 1. The van der Waals surface area contributed by atoms with Crippen LogP contribution in [0.5, 0.6) is 0 Å². The molecule has 1 aliphatic carbocycles. The zero-order chi connectivity index (χ0) is 18.3. The van der Waals surface area contributed by atoms with Gasteiger partial charge in [0.25, 0.3) is 0 Å². The van der Waals surface area contributed by atoms with Crippen LogP contribution in [0.2, 0.25) is 5.02 Å². The van der Waals surface area contributed by atoms with Gasteiger partial charge in [-0.05, 0) is 37.8 Å². The monoisotopic (exact) mass is 397 g/mol. The molecule has 0 N–H and O–H groups in total. The molecule has 0 fully saturated rings. The highest BCUT2D eigenvalue weighted by Crippen LogP contribution is 2.38. The van der Waals surface area contributed by atoms with Crippen molar-refractivity contribution in [2.45, 2.75) is 38.3 Å². The van der Waals surface area contributed by atoms with Crippen molar-refractivity contribution in [3.63, 3.8) is 0 Å². The van der Waals surface area contributed by atoms with Crippen molar-refractivity contribution in [2.24, 2.45) is 0 Å². The van der Waals surface area contributed by atoms with Crippen LogP contribution >= 0.6 is 22.9 Å². The topological polar surface area (TPSA) is 30.7 Å². The highest BCUT2D eigenvalue weighted by molar-refractivity contribution is 7.12. The number of hydrogen-bond donors (Lipinski definition) is 0. The highest BCUT2D eigenvalue weighted by atomic mass is 35.5. The number of nitrogens with zero attached hydrogens (tertiary/aromatic N) is 3. The second-order valence-corrected chi connectivity index (χ2v) is 7.54. The molecule has 3 nitrogen and oxygen atoms in total. The summed E-state index contributed by atoms with van der Waals surface area (Å²) < 4.78 is 42.3. The molecule has 0 saturated heterocycles. The molecule has 3 aromatic rings. The van der Waals surface area contributed by atoms with Crippen LogP contribution in [0, 0.1) is 0 Å². The number of halogens is 4. The Balaban J connectivity index is 1.80. The molecule has 2 heterocycles. The number of rotatable bonds is 2. The molecule has 0 spiro atoms.